The third kappa shape index (κ3) is 3.22. The third-order valence-corrected chi connectivity index (χ3v) is 3.66. The van der Waals surface area contributed by atoms with E-state index in [9.17, 15) is 0 Å². The molecule has 0 bridgehead atoms. The molecule has 2 N–H and O–H groups in total. The fourth-order valence-corrected chi connectivity index (χ4v) is 2.30. The van der Waals surface area contributed by atoms with E-state index < -0.39 is 0 Å². The Labute approximate surface area is 117 Å². The summed E-state index contributed by atoms with van der Waals surface area (Å²) in [5.74, 6) is 0.990. The van der Waals surface area contributed by atoms with Crippen molar-refractivity contribution in [1.82, 2.24) is 9.97 Å². The largest absolute Gasteiger partial charge is 0.382 e. The Balaban J connectivity index is 2.04. The molecule has 0 radical (unpaired) electrons. The maximum Gasteiger partial charge on any atom is 0.189 e. The summed E-state index contributed by atoms with van der Waals surface area (Å²) in [4.78, 5) is 8.16. The Morgan fingerprint density at radius 3 is 2.67 bits per heavy atom. The SMILES string of the molecule is N#Cc1cnc(SCc2ccc(Br)cc2)nc1N. The molecular formula is C12H9BrN4S. The number of hydrogen-bond acceptors (Lipinski definition) is 5. The Morgan fingerprint density at radius 2 is 2.06 bits per heavy atom. The van der Waals surface area contributed by atoms with Gasteiger partial charge in [-0.1, -0.05) is 39.8 Å². The molecule has 0 aliphatic heterocycles. The summed E-state index contributed by atoms with van der Waals surface area (Å²) < 4.78 is 1.05. The number of nitriles is 1. The number of nitrogen functional groups attached to an aromatic ring is 1. The predicted molar refractivity (Wildman–Crippen MR) is 74.9 cm³/mol. The first-order chi connectivity index (χ1) is 8.69. The molecule has 0 spiro atoms. The summed E-state index contributed by atoms with van der Waals surface area (Å²) in [7, 11) is 0. The zero-order valence-electron chi connectivity index (χ0n) is 9.30. The van der Waals surface area contributed by atoms with Crippen molar-refractivity contribution in [3.63, 3.8) is 0 Å². The summed E-state index contributed by atoms with van der Waals surface area (Å²) in [6, 6.07) is 9.98. The second kappa shape index (κ2) is 5.85. The number of anilines is 1. The molecule has 0 fully saturated rings. The van der Waals surface area contributed by atoms with Crippen LogP contribution in [0.1, 0.15) is 11.1 Å². The monoisotopic (exact) mass is 320 g/mol. The number of benzene rings is 1. The molecule has 18 heavy (non-hydrogen) atoms. The lowest BCUT2D eigenvalue weighted by atomic mass is 10.2. The van der Waals surface area contributed by atoms with E-state index in [4.69, 9.17) is 11.0 Å². The van der Waals surface area contributed by atoms with Gasteiger partial charge in [0, 0.05) is 10.2 Å². The van der Waals surface area contributed by atoms with Crippen LogP contribution >= 0.6 is 27.7 Å². The van der Waals surface area contributed by atoms with Gasteiger partial charge < -0.3 is 5.73 Å². The molecule has 0 amide bonds. The lowest BCUT2D eigenvalue weighted by Gasteiger charge is -2.02. The summed E-state index contributed by atoms with van der Waals surface area (Å²) in [5.41, 5.74) is 7.11. The highest BCUT2D eigenvalue weighted by Crippen LogP contribution is 2.21. The lowest BCUT2D eigenvalue weighted by Crippen LogP contribution is -1.98. The number of aromatic nitrogens is 2. The van der Waals surface area contributed by atoms with Crippen molar-refractivity contribution in [2.45, 2.75) is 10.9 Å². The van der Waals surface area contributed by atoms with Crippen LogP contribution in [-0.4, -0.2) is 9.97 Å². The van der Waals surface area contributed by atoms with Crippen LogP contribution in [0.2, 0.25) is 0 Å². The van der Waals surface area contributed by atoms with Gasteiger partial charge in [-0.15, -0.1) is 0 Å². The van der Waals surface area contributed by atoms with Gasteiger partial charge in [-0.3, -0.25) is 0 Å². The highest BCUT2D eigenvalue weighted by atomic mass is 79.9. The zero-order valence-corrected chi connectivity index (χ0v) is 11.7. The third-order valence-electron chi connectivity index (χ3n) is 2.20. The van der Waals surface area contributed by atoms with Gasteiger partial charge in [0.2, 0.25) is 0 Å². The van der Waals surface area contributed by atoms with Crippen LogP contribution in [-0.2, 0) is 5.75 Å². The van der Waals surface area contributed by atoms with Gasteiger partial charge in [0.05, 0.1) is 6.20 Å². The van der Waals surface area contributed by atoms with E-state index in [1.807, 2.05) is 30.3 Å². The standard InChI is InChI=1S/C12H9BrN4S/c13-10-3-1-8(2-4-10)7-18-12-16-6-9(5-14)11(15)17-12/h1-4,6H,7H2,(H2,15,16,17). The van der Waals surface area contributed by atoms with E-state index in [-0.39, 0.29) is 5.82 Å². The average molecular weight is 321 g/mol. The van der Waals surface area contributed by atoms with Gasteiger partial charge in [0.1, 0.15) is 17.5 Å². The van der Waals surface area contributed by atoms with Crippen LogP contribution in [0.3, 0.4) is 0 Å². The van der Waals surface area contributed by atoms with Crippen molar-refractivity contribution < 1.29 is 0 Å². The van der Waals surface area contributed by atoms with E-state index in [0.717, 1.165) is 10.2 Å². The second-order valence-corrected chi connectivity index (χ2v) is 5.34. The molecule has 1 aromatic heterocycles. The van der Waals surface area contributed by atoms with Crippen molar-refractivity contribution in [3.8, 4) is 6.07 Å². The second-order valence-electron chi connectivity index (χ2n) is 3.48. The fourth-order valence-electron chi connectivity index (χ4n) is 1.26. The quantitative estimate of drug-likeness (QED) is 0.695. The lowest BCUT2D eigenvalue weighted by molar-refractivity contribution is 0.969. The van der Waals surface area contributed by atoms with Crippen molar-refractivity contribution >= 4 is 33.5 Å². The van der Waals surface area contributed by atoms with Gasteiger partial charge >= 0.3 is 0 Å². The average Bonchev–Trinajstić information content (AvgIpc) is 2.38. The van der Waals surface area contributed by atoms with E-state index in [1.165, 1.54) is 23.5 Å². The van der Waals surface area contributed by atoms with E-state index in [1.54, 1.807) is 0 Å². The number of halogens is 1. The minimum absolute atomic E-state index is 0.228. The Kier molecular flexibility index (Phi) is 4.18. The highest BCUT2D eigenvalue weighted by molar-refractivity contribution is 9.10. The molecule has 90 valence electrons. The molecule has 6 heteroatoms. The van der Waals surface area contributed by atoms with Gasteiger partial charge in [-0.2, -0.15) is 5.26 Å². The van der Waals surface area contributed by atoms with Crippen molar-refractivity contribution in [3.05, 3.63) is 46.1 Å². The fraction of sp³-hybridized carbons (Fsp3) is 0.0833. The first-order valence-electron chi connectivity index (χ1n) is 5.09. The molecule has 2 rings (SSSR count). The Bertz CT molecular complexity index is 592. The van der Waals surface area contributed by atoms with Gasteiger partial charge in [0.25, 0.3) is 0 Å². The first-order valence-corrected chi connectivity index (χ1v) is 6.87. The number of rotatable bonds is 3. The molecule has 0 atom stereocenters. The summed E-state index contributed by atoms with van der Waals surface area (Å²) in [6.45, 7) is 0. The number of thioether (sulfide) groups is 1. The molecule has 1 aromatic carbocycles. The molecule has 0 unspecified atom stereocenters. The summed E-state index contributed by atoms with van der Waals surface area (Å²) in [6.07, 6.45) is 1.45. The maximum absolute atomic E-state index is 8.72. The molecule has 2 aromatic rings. The van der Waals surface area contributed by atoms with Crippen molar-refractivity contribution in [2.24, 2.45) is 0 Å². The Hall–Kier alpha value is -1.58. The van der Waals surface area contributed by atoms with Gasteiger partial charge in [-0.25, -0.2) is 9.97 Å². The molecule has 0 aliphatic rings. The topological polar surface area (TPSA) is 75.6 Å². The van der Waals surface area contributed by atoms with E-state index >= 15 is 0 Å². The number of hydrogen-bond donors (Lipinski definition) is 1. The summed E-state index contributed by atoms with van der Waals surface area (Å²) >= 11 is 4.87. The predicted octanol–water partition coefficient (Wildman–Crippen LogP) is 2.99. The number of nitrogens with two attached hydrogens (primary N) is 1. The Morgan fingerprint density at radius 1 is 1.33 bits per heavy atom. The molecule has 0 saturated heterocycles. The van der Waals surface area contributed by atoms with Crippen LogP contribution in [0.25, 0.3) is 0 Å². The normalized spacial score (nSPS) is 10.0. The van der Waals surface area contributed by atoms with E-state index in [2.05, 4.69) is 25.9 Å². The molecule has 0 saturated carbocycles. The minimum Gasteiger partial charge on any atom is -0.382 e. The van der Waals surface area contributed by atoms with Crippen LogP contribution in [0, 0.1) is 11.3 Å². The van der Waals surface area contributed by atoms with Crippen LogP contribution in [0.5, 0.6) is 0 Å². The molecule has 1 heterocycles. The number of nitrogens with zero attached hydrogens (tertiary/aromatic N) is 3. The highest BCUT2D eigenvalue weighted by Gasteiger charge is 2.04. The minimum atomic E-state index is 0.228. The van der Waals surface area contributed by atoms with Crippen LogP contribution < -0.4 is 5.73 Å². The van der Waals surface area contributed by atoms with E-state index in [0.29, 0.717) is 10.7 Å². The first kappa shape index (κ1) is 12.9. The van der Waals surface area contributed by atoms with Crippen LogP contribution in [0.4, 0.5) is 5.82 Å². The van der Waals surface area contributed by atoms with Crippen molar-refractivity contribution in [1.29, 1.82) is 5.26 Å². The molecule has 0 aliphatic carbocycles. The smallest absolute Gasteiger partial charge is 0.189 e. The molecular weight excluding hydrogens is 312 g/mol. The molecule has 4 nitrogen and oxygen atoms in total. The van der Waals surface area contributed by atoms with Gasteiger partial charge in [-0.05, 0) is 17.7 Å². The van der Waals surface area contributed by atoms with Gasteiger partial charge in [0.15, 0.2) is 5.16 Å². The zero-order chi connectivity index (χ0) is 13.0. The van der Waals surface area contributed by atoms with Crippen LogP contribution in [0.15, 0.2) is 40.1 Å². The maximum atomic E-state index is 8.72. The van der Waals surface area contributed by atoms with Crippen molar-refractivity contribution in [2.75, 3.05) is 5.73 Å². The summed E-state index contributed by atoms with van der Waals surface area (Å²) in [5, 5.41) is 9.30.